The number of hydrogen-bond acceptors (Lipinski definition) is 7. The summed E-state index contributed by atoms with van der Waals surface area (Å²) in [6.07, 6.45) is 0. The molecule has 2 heterocycles. The third-order valence-corrected chi connectivity index (χ3v) is 13.2. The number of anilines is 2. The van der Waals surface area contributed by atoms with Gasteiger partial charge in [0.05, 0.1) is 13.8 Å². The second-order valence-electron chi connectivity index (χ2n) is 8.86. The Labute approximate surface area is 231 Å². The lowest BCUT2D eigenvalue weighted by Crippen LogP contribution is -2.55. The molecule has 1 aromatic heterocycles. The summed E-state index contributed by atoms with van der Waals surface area (Å²) in [5, 5.41) is 2.88. The van der Waals surface area contributed by atoms with Crippen LogP contribution in [0.4, 0.5) is 11.4 Å². The van der Waals surface area contributed by atoms with Crippen LogP contribution in [0.2, 0.25) is 0 Å². The number of benzene rings is 3. The van der Waals surface area contributed by atoms with E-state index in [0.717, 1.165) is 20.2 Å². The second kappa shape index (κ2) is 12.0. The molecule has 3 aromatic carbocycles. The Kier molecular flexibility index (Phi) is 8.96. The molecular formula is C28H32BN2O4PS2. The van der Waals surface area contributed by atoms with Gasteiger partial charge < -0.3 is 14.2 Å². The fourth-order valence-electron chi connectivity index (χ4n) is 4.95. The predicted octanol–water partition coefficient (Wildman–Crippen LogP) is 3.83. The third-order valence-electron chi connectivity index (χ3n) is 6.83. The third kappa shape index (κ3) is 5.68. The Morgan fingerprint density at radius 2 is 1.21 bits per heavy atom. The number of fused-ring (bicyclic) bond motifs is 1. The van der Waals surface area contributed by atoms with Crippen LogP contribution in [0.15, 0.2) is 97.1 Å². The SMILES string of the molecule is CCN1B(c2ccc([P+](C)(c3ccccc3)c3ccccc3)s2)N(CC)c2ccccc21.COS(=O)(=O)[O-]. The summed E-state index contributed by atoms with van der Waals surface area (Å²) in [6, 6.07) is 35.8. The summed E-state index contributed by atoms with van der Waals surface area (Å²) in [4.78, 5) is 5.10. The maximum atomic E-state index is 9.22. The van der Waals surface area contributed by atoms with Gasteiger partial charge in [-0.05, 0) is 62.4 Å². The molecule has 6 nitrogen and oxygen atoms in total. The topological polar surface area (TPSA) is 72.9 Å². The molecule has 0 saturated carbocycles. The molecule has 0 radical (unpaired) electrons. The fraction of sp³-hybridized carbons (Fsp3) is 0.214. The van der Waals surface area contributed by atoms with Crippen molar-refractivity contribution in [3.8, 4) is 0 Å². The monoisotopic (exact) mass is 566 g/mol. The number of thiophene rings is 1. The van der Waals surface area contributed by atoms with Gasteiger partial charge in [-0.2, -0.15) is 0 Å². The zero-order valence-corrected chi connectivity index (χ0v) is 24.5. The van der Waals surface area contributed by atoms with Gasteiger partial charge in [0, 0.05) is 29.2 Å². The van der Waals surface area contributed by atoms with Crippen molar-refractivity contribution in [2.24, 2.45) is 0 Å². The van der Waals surface area contributed by atoms with E-state index < -0.39 is 17.7 Å². The molecule has 0 N–H and O–H groups in total. The van der Waals surface area contributed by atoms with Gasteiger partial charge in [0.2, 0.25) is 10.4 Å². The number of para-hydroxylation sites is 2. The van der Waals surface area contributed by atoms with Crippen LogP contribution in [0.3, 0.4) is 0 Å². The molecule has 0 saturated heterocycles. The molecule has 0 fully saturated rings. The van der Waals surface area contributed by atoms with Gasteiger partial charge in [0.15, 0.2) is 4.62 Å². The molecule has 0 spiro atoms. The number of rotatable bonds is 7. The van der Waals surface area contributed by atoms with E-state index in [0.29, 0.717) is 0 Å². The predicted molar refractivity (Wildman–Crippen MR) is 164 cm³/mol. The van der Waals surface area contributed by atoms with Crippen molar-refractivity contribution in [3.63, 3.8) is 0 Å². The van der Waals surface area contributed by atoms with Crippen LogP contribution in [0.1, 0.15) is 13.8 Å². The summed E-state index contributed by atoms with van der Waals surface area (Å²) < 4.78 is 33.9. The molecule has 198 valence electrons. The summed E-state index contributed by atoms with van der Waals surface area (Å²) in [7, 11) is -5.30. The normalized spacial score (nSPS) is 13.2. The molecule has 1 aliphatic heterocycles. The van der Waals surface area contributed by atoms with E-state index in [1.165, 1.54) is 31.4 Å². The van der Waals surface area contributed by atoms with Gasteiger partial charge >= 0.3 is 6.98 Å². The summed E-state index contributed by atoms with van der Waals surface area (Å²) >= 11 is 2.00. The quantitative estimate of drug-likeness (QED) is 0.147. The van der Waals surface area contributed by atoms with E-state index in [-0.39, 0.29) is 6.98 Å². The first-order chi connectivity index (χ1) is 18.2. The molecule has 0 amide bonds. The van der Waals surface area contributed by atoms with Crippen LogP contribution in [0.5, 0.6) is 0 Å². The van der Waals surface area contributed by atoms with Crippen LogP contribution in [0, 0.1) is 0 Å². The number of nitrogens with zero attached hydrogens (tertiary/aromatic N) is 2. The standard InChI is InChI=1S/C27H29BN2PS.CH4O4S/c1-4-29-24-18-12-13-19-25(24)30(5-2)28(29)26-20-21-27(32-26)31(3,22-14-8-6-9-15-22)23-16-10-7-11-17-23;1-5-6(2,3)4/h6-21H,4-5H2,1-3H3;1H3,(H,2,3,4)/q+1;/p-1. The van der Waals surface area contributed by atoms with Crippen molar-refractivity contribution in [2.45, 2.75) is 13.8 Å². The Balaban J connectivity index is 0.000000505. The first kappa shape index (κ1) is 28.3. The highest BCUT2D eigenvalue weighted by molar-refractivity contribution is 7.98. The molecule has 0 bridgehead atoms. The van der Waals surface area contributed by atoms with Crippen LogP contribution >= 0.6 is 18.6 Å². The average Bonchev–Trinajstić information content (AvgIpc) is 3.56. The van der Waals surface area contributed by atoms with E-state index in [9.17, 15) is 13.0 Å². The van der Waals surface area contributed by atoms with E-state index in [2.05, 4.69) is 131 Å². The van der Waals surface area contributed by atoms with Crippen molar-refractivity contribution in [3.05, 3.63) is 97.1 Å². The Hall–Kier alpha value is -2.68. The van der Waals surface area contributed by atoms with Crippen LogP contribution < -0.4 is 29.6 Å². The summed E-state index contributed by atoms with van der Waals surface area (Å²) in [6.45, 7) is 9.27. The maximum absolute atomic E-state index is 9.22. The van der Waals surface area contributed by atoms with E-state index in [1.807, 2.05) is 11.3 Å². The lowest BCUT2D eigenvalue weighted by atomic mass is 9.71. The van der Waals surface area contributed by atoms with Gasteiger partial charge in [0.1, 0.15) is 17.9 Å². The summed E-state index contributed by atoms with van der Waals surface area (Å²) in [5.41, 5.74) is 2.70. The smallest absolute Gasteiger partial charge is 0.422 e. The molecule has 38 heavy (non-hydrogen) atoms. The fourth-order valence-corrected chi connectivity index (χ4v) is 10.2. The molecule has 0 atom stereocenters. The molecule has 5 rings (SSSR count). The maximum Gasteiger partial charge on any atom is 0.422 e. The molecule has 4 aromatic rings. The van der Waals surface area contributed by atoms with Gasteiger partial charge in [0.25, 0.3) is 0 Å². The van der Waals surface area contributed by atoms with Gasteiger partial charge in [-0.1, -0.05) is 48.5 Å². The van der Waals surface area contributed by atoms with Gasteiger partial charge in [-0.25, -0.2) is 8.42 Å². The average molecular weight is 566 g/mol. The first-order valence-electron chi connectivity index (χ1n) is 12.5. The number of hydrogen-bond donors (Lipinski definition) is 0. The molecule has 1 aliphatic rings. The van der Waals surface area contributed by atoms with Gasteiger partial charge in [-0.3, -0.25) is 4.18 Å². The minimum absolute atomic E-state index is 0.265. The molecule has 0 aliphatic carbocycles. The Morgan fingerprint density at radius 3 is 1.61 bits per heavy atom. The Morgan fingerprint density at radius 1 is 0.789 bits per heavy atom. The largest absolute Gasteiger partial charge is 0.726 e. The van der Waals surface area contributed by atoms with Crippen molar-refractivity contribution in [2.75, 3.05) is 36.5 Å². The highest BCUT2D eigenvalue weighted by Crippen LogP contribution is 2.52. The minimum Gasteiger partial charge on any atom is -0.726 e. The zero-order chi connectivity index (χ0) is 27.3. The van der Waals surface area contributed by atoms with E-state index >= 15 is 0 Å². The Bertz CT molecular complexity index is 1380. The van der Waals surface area contributed by atoms with E-state index in [1.54, 1.807) is 0 Å². The zero-order valence-electron chi connectivity index (χ0n) is 22.0. The van der Waals surface area contributed by atoms with Crippen LogP contribution in [0.25, 0.3) is 0 Å². The lowest BCUT2D eigenvalue weighted by molar-refractivity contribution is 0.314. The van der Waals surface area contributed by atoms with Crippen molar-refractivity contribution in [1.82, 2.24) is 0 Å². The van der Waals surface area contributed by atoms with Gasteiger partial charge in [-0.15, -0.1) is 11.3 Å². The van der Waals surface area contributed by atoms with Crippen molar-refractivity contribution >= 4 is 67.4 Å². The van der Waals surface area contributed by atoms with Crippen LogP contribution in [-0.2, 0) is 14.6 Å². The molecule has 0 unspecified atom stereocenters. The van der Waals surface area contributed by atoms with Crippen molar-refractivity contribution < 1.29 is 17.2 Å². The molecular weight excluding hydrogens is 534 g/mol. The van der Waals surface area contributed by atoms with Crippen LogP contribution in [-0.4, -0.2) is 46.8 Å². The molecule has 10 heteroatoms. The second-order valence-corrected chi connectivity index (χ2v) is 15.0. The lowest BCUT2D eigenvalue weighted by Gasteiger charge is -2.27. The summed E-state index contributed by atoms with van der Waals surface area (Å²) in [5.74, 6) is 0. The van der Waals surface area contributed by atoms with E-state index in [4.69, 9.17) is 0 Å². The highest BCUT2D eigenvalue weighted by Gasteiger charge is 2.45. The first-order valence-corrected chi connectivity index (χ1v) is 16.8. The minimum atomic E-state index is -4.41. The highest BCUT2D eigenvalue weighted by atomic mass is 32.3. The van der Waals surface area contributed by atoms with Crippen molar-refractivity contribution in [1.29, 1.82) is 0 Å².